The van der Waals surface area contributed by atoms with Crippen LogP contribution in [0.15, 0.2) is 36.7 Å². The first-order valence-electron chi connectivity index (χ1n) is 8.46. The zero-order chi connectivity index (χ0) is 17.1. The summed E-state index contributed by atoms with van der Waals surface area (Å²) >= 11 is 0. The molecule has 2 unspecified atom stereocenters. The van der Waals surface area contributed by atoms with Gasteiger partial charge in [0.1, 0.15) is 6.04 Å². The van der Waals surface area contributed by atoms with E-state index in [0.717, 1.165) is 36.3 Å². The number of aromatic nitrogens is 2. The van der Waals surface area contributed by atoms with Gasteiger partial charge in [-0.25, -0.2) is 0 Å². The minimum Gasteiger partial charge on any atom is -0.480 e. The van der Waals surface area contributed by atoms with Crippen LogP contribution in [0, 0.1) is 6.92 Å². The van der Waals surface area contributed by atoms with Crippen molar-refractivity contribution in [3.8, 4) is 0 Å². The lowest BCUT2D eigenvalue weighted by Crippen LogP contribution is -2.39. The van der Waals surface area contributed by atoms with E-state index in [2.05, 4.69) is 23.0 Å². The topological polar surface area (TPSA) is 66.3 Å². The van der Waals surface area contributed by atoms with E-state index in [1.54, 1.807) is 0 Å². The number of rotatable bonds is 5. The predicted molar refractivity (Wildman–Crippen MR) is 91.8 cm³/mol. The van der Waals surface area contributed by atoms with Crippen LogP contribution in [0.25, 0.3) is 0 Å². The van der Waals surface area contributed by atoms with Crippen LogP contribution in [0.3, 0.4) is 0 Å². The Morgan fingerprint density at radius 1 is 1.25 bits per heavy atom. The Labute approximate surface area is 142 Å². The first kappa shape index (κ1) is 16.6. The van der Waals surface area contributed by atoms with Crippen molar-refractivity contribution in [1.29, 1.82) is 0 Å². The van der Waals surface area contributed by atoms with Crippen molar-refractivity contribution in [3.05, 3.63) is 59.2 Å². The second-order valence-corrected chi connectivity index (χ2v) is 6.34. The molecule has 0 aromatic carbocycles. The zero-order valence-electron chi connectivity index (χ0n) is 14.1. The van der Waals surface area contributed by atoms with Crippen LogP contribution in [0.5, 0.6) is 0 Å². The molecule has 1 fully saturated rings. The van der Waals surface area contributed by atoms with E-state index in [1.807, 2.05) is 42.4 Å². The molecule has 1 N–H and O–H groups in total. The summed E-state index contributed by atoms with van der Waals surface area (Å²) < 4.78 is 0. The van der Waals surface area contributed by atoms with Crippen molar-refractivity contribution >= 4 is 5.97 Å². The molecule has 2 aromatic heterocycles. The highest BCUT2D eigenvalue weighted by atomic mass is 16.4. The van der Waals surface area contributed by atoms with E-state index >= 15 is 0 Å². The second kappa shape index (κ2) is 7.09. The molecule has 0 amide bonds. The fourth-order valence-electron chi connectivity index (χ4n) is 3.30. The van der Waals surface area contributed by atoms with Crippen molar-refractivity contribution in [3.63, 3.8) is 0 Å². The first-order chi connectivity index (χ1) is 11.6. The lowest BCUT2D eigenvalue weighted by molar-refractivity contribution is -0.142. The van der Waals surface area contributed by atoms with Gasteiger partial charge in [0.05, 0.1) is 17.4 Å². The predicted octanol–water partition coefficient (Wildman–Crippen LogP) is 2.99. The first-order valence-corrected chi connectivity index (χ1v) is 8.46. The van der Waals surface area contributed by atoms with Crippen molar-refractivity contribution in [2.24, 2.45) is 0 Å². The van der Waals surface area contributed by atoms with Gasteiger partial charge in [-0.1, -0.05) is 19.1 Å². The Morgan fingerprint density at radius 3 is 2.50 bits per heavy atom. The summed E-state index contributed by atoms with van der Waals surface area (Å²) in [6, 6.07) is 7.36. The normalized spacial score (nSPS) is 19.3. The van der Waals surface area contributed by atoms with Crippen molar-refractivity contribution in [2.75, 3.05) is 6.54 Å². The molecule has 0 spiro atoms. The Hall–Kier alpha value is -2.27. The monoisotopic (exact) mass is 325 g/mol. The molecule has 3 heterocycles. The highest BCUT2D eigenvalue weighted by molar-refractivity contribution is 5.74. The largest absolute Gasteiger partial charge is 0.480 e. The third kappa shape index (κ3) is 3.31. The van der Waals surface area contributed by atoms with Gasteiger partial charge in [-0.15, -0.1) is 0 Å². The van der Waals surface area contributed by atoms with Crippen LogP contribution in [0.1, 0.15) is 48.3 Å². The molecule has 0 radical (unpaired) electrons. The average molecular weight is 325 g/mol. The molecule has 3 rings (SSSR count). The molecular formula is C19H23N3O2. The van der Waals surface area contributed by atoms with Gasteiger partial charge in [-0.05, 0) is 49.4 Å². The summed E-state index contributed by atoms with van der Waals surface area (Å²) in [4.78, 5) is 22.8. The van der Waals surface area contributed by atoms with Gasteiger partial charge in [0.25, 0.3) is 0 Å². The van der Waals surface area contributed by atoms with Gasteiger partial charge in [0.2, 0.25) is 0 Å². The number of carboxylic acids is 1. The molecule has 0 saturated carbocycles. The zero-order valence-corrected chi connectivity index (χ0v) is 14.1. The quantitative estimate of drug-likeness (QED) is 0.915. The molecule has 1 aliphatic heterocycles. The minimum atomic E-state index is -0.769. The standard InChI is InChI=1S/C19H23N3O2/c1-3-14-7-9-16(21-12-14)18(15-8-6-13(2)11-20-15)22-10-4-5-17(22)19(23)24/h6-9,11-12,17-18H,3-5,10H2,1-2H3,(H,23,24). The number of pyridine rings is 2. The van der Waals surface area contributed by atoms with E-state index in [-0.39, 0.29) is 6.04 Å². The van der Waals surface area contributed by atoms with Crippen LogP contribution in [-0.4, -0.2) is 38.5 Å². The van der Waals surface area contributed by atoms with E-state index in [1.165, 1.54) is 5.56 Å². The lowest BCUT2D eigenvalue weighted by Gasteiger charge is -2.30. The summed E-state index contributed by atoms with van der Waals surface area (Å²) in [5.41, 5.74) is 3.97. The van der Waals surface area contributed by atoms with Crippen LogP contribution >= 0.6 is 0 Å². The number of hydrogen-bond donors (Lipinski definition) is 1. The molecule has 0 aliphatic carbocycles. The van der Waals surface area contributed by atoms with Gasteiger partial charge >= 0.3 is 5.97 Å². The van der Waals surface area contributed by atoms with Gasteiger partial charge in [-0.2, -0.15) is 0 Å². The molecule has 5 nitrogen and oxygen atoms in total. The van der Waals surface area contributed by atoms with Crippen LogP contribution in [0.4, 0.5) is 0 Å². The van der Waals surface area contributed by atoms with Gasteiger partial charge in [-0.3, -0.25) is 19.7 Å². The SMILES string of the molecule is CCc1ccc(C(c2ccc(C)cn2)N2CCCC2C(=O)O)nc1. The Morgan fingerprint density at radius 2 is 1.96 bits per heavy atom. The minimum absolute atomic E-state index is 0.222. The second-order valence-electron chi connectivity index (χ2n) is 6.34. The van der Waals surface area contributed by atoms with E-state index in [0.29, 0.717) is 6.42 Å². The van der Waals surface area contributed by atoms with Crippen molar-refractivity contribution < 1.29 is 9.90 Å². The number of carbonyl (C=O) groups is 1. The molecule has 2 aromatic rings. The fraction of sp³-hybridized carbons (Fsp3) is 0.421. The van der Waals surface area contributed by atoms with E-state index in [4.69, 9.17) is 0 Å². The fourth-order valence-corrected chi connectivity index (χ4v) is 3.30. The summed E-state index contributed by atoms with van der Waals surface area (Å²) in [7, 11) is 0. The third-order valence-corrected chi connectivity index (χ3v) is 4.66. The summed E-state index contributed by atoms with van der Waals surface area (Å²) in [5, 5.41) is 9.57. The van der Waals surface area contributed by atoms with Gasteiger partial charge in [0, 0.05) is 18.9 Å². The number of likely N-dealkylation sites (tertiary alicyclic amines) is 1. The average Bonchev–Trinajstić information content (AvgIpc) is 3.07. The van der Waals surface area contributed by atoms with Gasteiger partial charge < -0.3 is 5.11 Å². The lowest BCUT2D eigenvalue weighted by atomic mass is 10.0. The van der Waals surface area contributed by atoms with Crippen LogP contribution in [-0.2, 0) is 11.2 Å². The van der Waals surface area contributed by atoms with Crippen LogP contribution < -0.4 is 0 Å². The Balaban J connectivity index is 2.02. The van der Waals surface area contributed by atoms with Crippen molar-refractivity contribution in [1.82, 2.24) is 14.9 Å². The maximum absolute atomic E-state index is 11.7. The van der Waals surface area contributed by atoms with Crippen LogP contribution in [0.2, 0.25) is 0 Å². The summed E-state index contributed by atoms with van der Waals surface area (Å²) in [6.45, 7) is 4.83. The molecule has 24 heavy (non-hydrogen) atoms. The Kier molecular flexibility index (Phi) is 4.90. The van der Waals surface area contributed by atoms with E-state index < -0.39 is 12.0 Å². The molecule has 2 atom stereocenters. The maximum atomic E-state index is 11.7. The Bertz CT molecular complexity index is 698. The number of hydrogen-bond acceptors (Lipinski definition) is 4. The highest BCUT2D eigenvalue weighted by Gasteiger charge is 2.37. The number of aryl methyl sites for hydroxylation is 2. The van der Waals surface area contributed by atoms with Crippen molar-refractivity contribution in [2.45, 2.75) is 45.2 Å². The number of aliphatic carboxylic acids is 1. The van der Waals surface area contributed by atoms with E-state index in [9.17, 15) is 9.90 Å². The number of carboxylic acid groups (broad SMARTS) is 1. The smallest absolute Gasteiger partial charge is 0.320 e. The summed E-state index contributed by atoms with van der Waals surface area (Å²) in [6.07, 6.45) is 6.19. The highest BCUT2D eigenvalue weighted by Crippen LogP contribution is 2.33. The maximum Gasteiger partial charge on any atom is 0.320 e. The number of nitrogens with zero attached hydrogens (tertiary/aromatic N) is 3. The molecule has 0 bridgehead atoms. The van der Waals surface area contributed by atoms with Gasteiger partial charge in [0.15, 0.2) is 0 Å². The molecule has 1 saturated heterocycles. The molecule has 1 aliphatic rings. The molecular weight excluding hydrogens is 302 g/mol. The summed E-state index contributed by atoms with van der Waals surface area (Å²) in [5.74, 6) is -0.769. The molecule has 126 valence electrons. The molecule has 5 heteroatoms. The third-order valence-electron chi connectivity index (χ3n) is 4.66.